The molecule has 2 unspecified atom stereocenters. The van der Waals surface area contributed by atoms with Crippen molar-refractivity contribution >= 4 is 5.91 Å². The molecule has 1 aromatic carbocycles. The van der Waals surface area contributed by atoms with Crippen LogP contribution in [0.4, 0.5) is 4.39 Å². The van der Waals surface area contributed by atoms with Crippen LogP contribution in [-0.4, -0.2) is 77.6 Å². The molecule has 2 saturated heterocycles. The minimum Gasteiger partial charge on any atom is -0.387 e. The predicted octanol–water partition coefficient (Wildman–Crippen LogP) is 1.49. The Kier molecular flexibility index (Phi) is 6.04. The third kappa shape index (κ3) is 4.37. The number of β-amino-alcohol motifs (C(OH)–C–C–N with tert-alkyl or cyclic N) is 1. The van der Waals surface area contributed by atoms with Gasteiger partial charge in [-0.2, -0.15) is 0 Å². The zero-order chi connectivity index (χ0) is 17.8. The number of aliphatic hydroxyl groups is 1. The van der Waals surface area contributed by atoms with Crippen LogP contribution < -0.4 is 0 Å². The quantitative estimate of drug-likeness (QED) is 0.875. The normalized spacial score (nSPS) is 22.1. The number of aliphatic hydroxyl groups excluding tert-OH is 1. The molecule has 2 atom stereocenters. The molecule has 6 heteroatoms. The molecule has 3 rings (SSSR count). The number of benzene rings is 1. The summed E-state index contributed by atoms with van der Waals surface area (Å²) in [5, 5.41) is 10.3. The number of halogens is 1. The van der Waals surface area contributed by atoms with Gasteiger partial charge in [0, 0.05) is 51.4 Å². The fraction of sp³-hybridized carbons (Fsp3) is 0.632. The zero-order valence-electron chi connectivity index (χ0n) is 14.9. The molecular formula is C19H28FN3O2. The predicted molar refractivity (Wildman–Crippen MR) is 94.6 cm³/mol. The standard InChI is InChI=1S/C19H28FN3O2/c1-15(19(25)23-8-4-5-9-23)22-12-10-21(11-13-22)14-18(24)16-6-2-3-7-17(16)20/h2-3,6-7,15,18,24H,4-5,8-14H2,1H3. The largest absolute Gasteiger partial charge is 0.387 e. The summed E-state index contributed by atoms with van der Waals surface area (Å²) >= 11 is 0. The second-order valence-electron chi connectivity index (χ2n) is 7.08. The second kappa shape index (κ2) is 8.25. The lowest BCUT2D eigenvalue weighted by Crippen LogP contribution is -2.54. The van der Waals surface area contributed by atoms with Crippen molar-refractivity contribution in [2.24, 2.45) is 0 Å². The molecule has 138 valence electrons. The Labute approximate surface area is 149 Å². The maximum Gasteiger partial charge on any atom is 0.239 e. The SMILES string of the molecule is CC(C(=O)N1CCCC1)N1CCN(CC(O)c2ccccc2F)CC1. The molecule has 0 aliphatic carbocycles. The average molecular weight is 349 g/mol. The Hall–Kier alpha value is -1.50. The van der Waals surface area contributed by atoms with Crippen molar-refractivity contribution in [1.82, 2.24) is 14.7 Å². The number of piperazine rings is 1. The number of rotatable bonds is 5. The Balaban J connectivity index is 1.48. The minimum atomic E-state index is -0.823. The van der Waals surface area contributed by atoms with E-state index in [1.54, 1.807) is 18.2 Å². The fourth-order valence-corrected chi connectivity index (χ4v) is 3.78. The first-order valence-corrected chi connectivity index (χ1v) is 9.24. The third-order valence-corrected chi connectivity index (χ3v) is 5.43. The Bertz CT molecular complexity index is 584. The monoisotopic (exact) mass is 349 g/mol. The molecule has 0 spiro atoms. The molecule has 1 N–H and O–H groups in total. The molecule has 2 aliphatic rings. The van der Waals surface area contributed by atoms with E-state index in [1.165, 1.54) is 6.07 Å². The van der Waals surface area contributed by atoms with Gasteiger partial charge in [-0.3, -0.25) is 14.6 Å². The van der Waals surface area contributed by atoms with Crippen LogP contribution in [0.5, 0.6) is 0 Å². The van der Waals surface area contributed by atoms with Crippen LogP contribution >= 0.6 is 0 Å². The number of carbonyl (C=O) groups is 1. The molecule has 5 nitrogen and oxygen atoms in total. The molecule has 1 aromatic rings. The van der Waals surface area contributed by atoms with E-state index in [4.69, 9.17) is 0 Å². The molecule has 0 bridgehead atoms. The van der Waals surface area contributed by atoms with Gasteiger partial charge in [-0.25, -0.2) is 4.39 Å². The van der Waals surface area contributed by atoms with E-state index >= 15 is 0 Å². The van der Waals surface area contributed by atoms with Crippen LogP contribution in [0, 0.1) is 5.82 Å². The summed E-state index contributed by atoms with van der Waals surface area (Å²) in [5.74, 6) is -0.129. The van der Waals surface area contributed by atoms with Crippen molar-refractivity contribution in [2.75, 3.05) is 45.8 Å². The summed E-state index contributed by atoms with van der Waals surface area (Å²) in [6, 6.07) is 6.29. The lowest BCUT2D eigenvalue weighted by Gasteiger charge is -2.39. The second-order valence-corrected chi connectivity index (χ2v) is 7.08. The van der Waals surface area contributed by atoms with Gasteiger partial charge in [0.1, 0.15) is 5.82 Å². The maximum absolute atomic E-state index is 13.8. The van der Waals surface area contributed by atoms with Crippen LogP contribution in [-0.2, 0) is 4.79 Å². The maximum atomic E-state index is 13.8. The topological polar surface area (TPSA) is 47.0 Å². The third-order valence-electron chi connectivity index (χ3n) is 5.43. The number of hydrogen-bond donors (Lipinski definition) is 1. The molecular weight excluding hydrogens is 321 g/mol. The van der Waals surface area contributed by atoms with Gasteiger partial charge in [0.2, 0.25) is 5.91 Å². The first-order valence-electron chi connectivity index (χ1n) is 9.24. The van der Waals surface area contributed by atoms with Gasteiger partial charge in [-0.1, -0.05) is 18.2 Å². The molecule has 2 fully saturated rings. The summed E-state index contributed by atoms with van der Waals surface area (Å²) in [4.78, 5) is 18.8. The van der Waals surface area contributed by atoms with E-state index in [0.29, 0.717) is 12.1 Å². The zero-order valence-corrected chi connectivity index (χ0v) is 14.9. The highest BCUT2D eigenvalue weighted by Crippen LogP contribution is 2.19. The van der Waals surface area contributed by atoms with E-state index in [-0.39, 0.29) is 17.8 Å². The fourth-order valence-electron chi connectivity index (χ4n) is 3.78. The van der Waals surface area contributed by atoms with Crippen LogP contribution in [0.25, 0.3) is 0 Å². The van der Waals surface area contributed by atoms with E-state index in [0.717, 1.165) is 52.1 Å². The molecule has 1 amide bonds. The van der Waals surface area contributed by atoms with Crippen molar-refractivity contribution in [3.05, 3.63) is 35.6 Å². The van der Waals surface area contributed by atoms with Gasteiger partial charge in [0.25, 0.3) is 0 Å². The van der Waals surface area contributed by atoms with Gasteiger partial charge < -0.3 is 10.0 Å². The number of amides is 1. The van der Waals surface area contributed by atoms with Gasteiger partial charge in [0.15, 0.2) is 0 Å². The van der Waals surface area contributed by atoms with Crippen molar-refractivity contribution in [2.45, 2.75) is 31.9 Å². The van der Waals surface area contributed by atoms with E-state index in [9.17, 15) is 14.3 Å². The minimum absolute atomic E-state index is 0.0864. The summed E-state index contributed by atoms with van der Waals surface area (Å²) in [6.07, 6.45) is 1.40. The molecule has 2 heterocycles. The van der Waals surface area contributed by atoms with Crippen molar-refractivity contribution in [1.29, 1.82) is 0 Å². The molecule has 0 aromatic heterocycles. The highest BCUT2D eigenvalue weighted by molar-refractivity contribution is 5.81. The van der Waals surface area contributed by atoms with Crippen molar-refractivity contribution in [3.8, 4) is 0 Å². The average Bonchev–Trinajstić information content (AvgIpc) is 3.16. The molecule has 25 heavy (non-hydrogen) atoms. The smallest absolute Gasteiger partial charge is 0.239 e. The van der Waals surface area contributed by atoms with Crippen molar-refractivity contribution < 1.29 is 14.3 Å². The summed E-state index contributed by atoms with van der Waals surface area (Å²) in [6.45, 7) is 7.34. The van der Waals surface area contributed by atoms with Crippen LogP contribution in [0.3, 0.4) is 0 Å². The van der Waals surface area contributed by atoms with E-state index in [1.807, 2.05) is 11.8 Å². The molecule has 2 aliphatic heterocycles. The number of nitrogens with zero attached hydrogens (tertiary/aromatic N) is 3. The highest BCUT2D eigenvalue weighted by Gasteiger charge is 2.30. The van der Waals surface area contributed by atoms with Gasteiger partial charge in [0.05, 0.1) is 12.1 Å². The summed E-state index contributed by atoms with van der Waals surface area (Å²) in [5.41, 5.74) is 0.350. The molecule has 0 radical (unpaired) electrons. The van der Waals surface area contributed by atoms with Gasteiger partial charge in [-0.05, 0) is 25.8 Å². The van der Waals surface area contributed by atoms with Crippen LogP contribution in [0.15, 0.2) is 24.3 Å². The lowest BCUT2D eigenvalue weighted by atomic mass is 10.1. The Morgan fingerprint density at radius 2 is 1.76 bits per heavy atom. The number of hydrogen-bond acceptors (Lipinski definition) is 4. The number of likely N-dealkylation sites (tertiary alicyclic amines) is 1. The molecule has 0 saturated carbocycles. The first-order chi connectivity index (χ1) is 12.1. The number of carbonyl (C=O) groups excluding carboxylic acids is 1. The Morgan fingerprint density at radius 1 is 1.12 bits per heavy atom. The highest BCUT2D eigenvalue weighted by atomic mass is 19.1. The Morgan fingerprint density at radius 3 is 2.40 bits per heavy atom. The van der Waals surface area contributed by atoms with E-state index in [2.05, 4.69) is 9.80 Å². The lowest BCUT2D eigenvalue weighted by molar-refractivity contribution is -0.136. The summed E-state index contributed by atoms with van der Waals surface area (Å²) < 4.78 is 13.8. The van der Waals surface area contributed by atoms with Crippen molar-refractivity contribution in [3.63, 3.8) is 0 Å². The van der Waals surface area contributed by atoms with Crippen LogP contribution in [0.2, 0.25) is 0 Å². The van der Waals surface area contributed by atoms with Gasteiger partial charge >= 0.3 is 0 Å². The van der Waals surface area contributed by atoms with Crippen LogP contribution in [0.1, 0.15) is 31.4 Å². The van der Waals surface area contributed by atoms with Gasteiger partial charge in [-0.15, -0.1) is 0 Å². The summed E-state index contributed by atoms with van der Waals surface area (Å²) in [7, 11) is 0. The van der Waals surface area contributed by atoms with E-state index < -0.39 is 6.10 Å². The first kappa shape index (κ1) is 18.3.